The van der Waals surface area contributed by atoms with Crippen molar-refractivity contribution in [2.24, 2.45) is 4.99 Å². The smallest absolute Gasteiger partial charge is 0.416 e. The predicted octanol–water partition coefficient (Wildman–Crippen LogP) is 4.52. The first kappa shape index (κ1) is 18.5. The number of hydrogen-bond acceptors (Lipinski definition) is 6. The van der Waals surface area contributed by atoms with E-state index in [1.807, 2.05) is 6.92 Å². The van der Waals surface area contributed by atoms with Crippen molar-refractivity contribution in [3.05, 3.63) is 41.7 Å². The van der Waals surface area contributed by atoms with Gasteiger partial charge in [0.1, 0.15) is 16.5 Å². The summed E-state index contributed by atoms with van der Waals surface area (Å²) in [7, 11) is 1.31. The van der Waals surface area contributed by atoms with Crippen LogP contribution in [0.2, 0.25) is 0 Å². The summed E-state index contributed by atoms with van der Waals surface area (Å²) in [4.78, 5) is 13.0. The van der Waals surface area contributed by atoms with Crippen molar-refractivity contribution >= 4 is 28.4 Å². The molecule has 2 heterocycles. The van der Waals surface area contributed by atoms with Gasteiger partial charge in [0.25, 0.3) is 0 Å². The summed E-state index contributed by atoms with van der Waals surface area (Å²) < 4.78 is 44.0. The van der Waals surface area contributed by atoms with E-state index < -0.39 is 11.7 Å². The first-order valence-electron chi connectivity index (χ1n) is 7.87. The van der Waals surface area contributed by atoms with Gasteiger partial charge in [-0.3, -0.25) is 4.99 Å². The van der Waals surface area contributed by atoms with Crippen LogP contribution in [0.5, 0.6) is 5.75 Å². The minimum absolute atomic E-state index is 0.0943. The molecule has 26 heavy (non-hydrogen) atoms. The lowest BCUT2D eigenvalue weighted by Gasteiger charge is -2.12. The molecule has 2 aromatic rings. The van der Waals surface area contributed by atoms with Crippen LogP contribution in [-0.4, -0.2) is 33.4 Å². The van der Waals surface area contributed by atoms with Gasteiger partial charge in [0.15, 0.2) is 0 Å². The number of thioether (sulfide) groups is 1. The van der Waals surface area contributed by atoms with Crippen LogP contribution in [0.25, 0.3) is 0 Å². The molecule has 138 valence electrons. The number of aliphatic imine (C=N–C) groups is 1. The summed E-state index contributed by atoms with van der Waals surface area (Å²) >= 11 is 1.62. The van der Waals surface area contributed by atoms with E-state index in [2.05, 4.69) is 27.2 Å². The Morgan fingerprint density at radius 3 is 2.58 bits per heavy atom. The maximum absolute atomic E-state index is 13.0. The van der Waals surface area contributed by atoms with Gasteiger partial charge in [0, 0.05) is 23.2 Å². The normalized spacial score (nSPS) is 20.0. The van der Waals surface area contributed by atoms with E-state index >= 15 is 0 Å². The van der Waals surface area contributed by atoms with Gasteiger partial charge in [-0.25, -0.2) is 9.97 Å². The number of aromatic nitrogens is 2. The van der Waals surface area contributed by atoms with Crippen molar-refractivity contribution in [2.45, 2.75) is 31.3 Å². The molecule has 2 atom stereocenters. The molecule has 0 radical (unpaired) electrons. The Hall–Kier alpha value is -2.29. The SMILES string of the molecule is COc1cc(Nc2nccc(C3=NC(C)C(C)S3)n2)cc(C(F)(F)F)c1. The molecule has 2 unspecified atom stereocenters. The summed E-state index contributed by atoms with van der Waals surface area (Å²) in [5, 5.41) is 3.96. The van der Waals surface area contributed by atoms with Crippen LogP contribution < -0.4 is 10.1 Å². The lowest BCUT2D eigenvalue weighted by molar-refractivity contribution is -0.137. The van der Waals surface area contributed by atoms with Crippen LogP contribution in [0.15, 0.2) is 35.5 Å². The molecule has 0 spiro atoms. The van der Waals surface area contributed by atoms with Gasteiger partial charge in [0.05, 0.1) is 18.7 Å². The van der Waals surface area contributed by atoms with Crippen LogP contribution in [0.1, 0.15) is 25.1 Å². The van der Waals surface area contributed by atoms with Crippen LogP contribution in [0.4, 0.5) is 24.8 Å². The first-order chi connectivity index (χ1) is 12.3. The standard InChI is InChI=1S/C17H17F3N4OS/c1-9-10(2)26-15(22-9)14-4-5-21-16(24-14)23-12-6-11(17(18,19)20)7-13(8-12)25-3/h4-10H,1-3H3,(H,21,23,24). The van der Waals surface area contributed by atoms with E-state index in [1.165, 1.54) is 13.2 Å². The Morgan fingerprint density at radius 2 is 1.96 bits per heavy atom. The number of benzene rings is 1. The average Bonchev–Trinajstić information content (AvgIpc) is 2.93. The second-order valence-corrected chi connectivity index (χ2v) is 7.20. The van der Waals surface area contributed by atoms with Crippen LogP contribution in [-0.2, 0) is 6.18 Å². The second-order valence-electron chi connectivity index (χ2n) is 5.84. The molecule has 0 bridgehead atoms. The fourth-order valence-electron chi connectivity index (χ4n) is 2.34. The van der Waals surface area contributed by atoms with E-state index in [9.17, 15) is 13.2 Å². The monoisotopic (exact) mass is 382 g/mol. The highest BCUT2D eigenvalue weighted by molar-refractivity contribution is 8.15. The summed E-state index contributed by atoms with van der Waals surface area (Å²) in [6, 6.07) is 5.31. The highest BCUT2D eigenvalue weighted by Crippen LogP contribution is 2.35. The van der Waals surface area contributed by atoms with Crippen molar-refractivity contribution in [1.82, 2.24) is 9.97 Å². The zero-order valence-corrected chi connectivity index (χ0v) is 15.1. The fraction of sp³-hybridized carbons (Fsp3) is 0.353. The maximum atomic E-state index is 13.0. The van der Waals surface area contributed by atoms with E-state index in [1.54, 1.807) is 24.0 Å². The lowest BCUT2D eigenvalue weighted by atomic mass is 10.2. The molecule has 0 fully saturated rings. The zero-order valence-electron chi connectivity index (χ0n) is 14.3. The second kappa shape index (κ2) is 7.14. The van der Waals surface area contributed by atoms with E-state index in [4.69, 9.17) is 4.74 Å². The maximum Gasteiger partial charge on any atom is 0.416 e. The van der Waals surface area contributed by atoms with Gasteiger partial charge in [-0.1, -0.05) is 18.7 Å². The summed E-state index contributed by atoms with van der Waals surface area (Å²) in [5.41, 5.74) is 0.0214. The number of alkyl halides is 3. The molecule has 1 aliphatic rings. The molecule has 1 aromatic heterocycles. The van der Waals surface area contributed by atoms with Crippen molar-refractivity contribution in [1.29, 1.82) is 0 Å². The predicted molar refractivity (Wildman–Crippen MR) is 96.4 cm³/mol. The van der Waals surface area contributed by atoms with Crippen LogP contribution in [0.3, 0.4) is 0 Å². The number of nitrogens with one attached hydrogen (secondary N) is 1. The number of ether oxygens (including phenoxy) is 1. The van der Waals surface area contributed by atoms with Gasteiger partial charge in [-0.05, 0) is 25.1 Å². The van der Waals surface area contributed by atoms with Gasteiger partial charge < -0.3 is 10.1 Å². The fourth-order valence-corrected chi connectivity index (χ4v) is 3.41. The molecule has 1 N–H and O–H groups in total. The zero-order chi connectivity index (χ0) is 18.9. The summed E-state index contributed by atoms with van der Waals surface area (Å²) in [5.74, 6) is 0.288. The molecule has 1 aromatic carbocycles. The number of hydrogen-bond donors (Lipinski definition) is 1. The number of anilines is 2. The van der Waals surface area contributed by atoms with Gasteiger partial charge in [0.2, 0.25) is 5.95 Å². The topological polar surface area (TPSA) is 59.4 Å². The molecule has 0 amide bonds. The van der Waals surface area contributed by atoms with Gasteiger partial charge in [-0.2, -0.15) is 13.2 Å². The third kappa shape index (κ3) is 4.09. The molecule has 9 heteroatoms. The van der Waals surface area contributed by atoms with Crippen molar-refractivity contribution in [3.63, 3.8) is 0 Å². The quantitative estimate of drug-likeness (QED) is 0.843. The number of halogens is 3. The van der Waals surface area contributed by atoms with Gasteiger partial charge in [-0.15, -0.1) is 0 Å². The highest BCUT2D eigenvalue weighted by Gasteiger charge is 2.31. The van der Waals surface area contributed by atoms with Crippen molar-refractivity contribution in [2.75, 3.05) is 12.4 Å². The largest absolute Gasteiger partial charge is 0.497 e. The third-order valence-corrected chi connectivity index (χ3v) is 5.20. The molecule has 0 saturated carbocycles. The number of rotatable bonds is 4. The Bertz CT molecular complexity index is 841. The highest BCUT2D eigenvalue weighted by atomic mass is 32.2. The minimum Gasteiger partial charge on any atom is -0.497 e. The molecule has 0 aliphatic carbocycles. The summed E-state index contributed by atoms with van der Waals surface area (Å²) in [6.07, 6.45) is -2.93. The van der Waals surface area contributed by atoms with Crippen LogP contribution >= 0.6 is 11.8 Å². The van der Waals surface area contributed by atoms with Crippen molar-refractivity contribution < 1.29 is 17.9 Å². The molecule has 0 saturated heterocycles. The average molecular weight is 382 g/mol. The van der Waals surface area contributed by atoms with E-state index in [0.29, 0.717) is 10.9 Å². The Balaban J connectivity index is 1.88. The van der Waals surface area contributed by atoms with E-state index in [-0.39, 0.29) is 23.4 Å². The first-order valence-corrected chi connectivity index (χ1v) is 8.75. The third-order valence-electron chi connectivity index (χ3n) is 3.90. The van der Waals surface area contributed by atoms with Gasteiger partial charge >= 0.3 is 6.18 Å². The molecule has 1 aliphatic heterocycles. The Kier molecular flexibility index (Phi) is 5.08. The summed E-state index contributed by atoms with van der Waals surface area (Å²) in [6.45, 7) is 4.11. The number of nitrogens with zero attached hydrogens (tertiary/aromatic N) is 3. The Labute approximate surface area is 153 Å². The molecular formula is C17H17F3N4OS. The molecular weight excluding hydrogens is 365 g/mol. The molecule has 5 nitrogen and oxygen atoms in total. The number of methoxy groups -OCH3 is 1. The van der Waals surface area contributed by atoms with Crippen molar-refractivity contribution in [3.8, 4) is 5.75 Å². The van der Waals surface area contributed by atoms with E-state index in [0.717, 1.165) is 17.2 Å². The Morgan fingerprint density at radius 1 is 1.19 bits per heavy atom. The lowest BCUT2D eigenvalue weighted by Crippen LogP contribution is -2.07. The molecule has 3 rings (SSSR count). The van der Waals surface area contributed by atoms with Crippen LogP contribution in [0, 0.1) is 0 Å². The minimum atomic E-state index is -4.48.